The Morgan fingerprint density at radius 1 is 1.10 bits per heavy atom. The van der Waals surface area contributed by atoms with Gasteiger partial charge >= 0.3 is 0 Å². The number of piperidine rings is 1. The summed E-state index contributed by atoms with van der Waals surface area (Å²) in [6.45, 7) is 5.38. The van der Waals surface area contributed by atoms with Crippen LogP contribution < -0.4 is 0 Å². The summed E-state index contributed by atoms with van der Waals surface area (Å²) in [7, 11) is 0. The third-order valence-corrected chi connectivity index (χ3v) is 3.94. The van der Waals surface area contributed by atoms with Gasteiger partial charge in [0.2, 0.25) is 11.8 Å². The van der Waals surface area contributed by atoms with E-state index in [-0.39, 0.29) is 0 Å². The number of hydrogen-bond acceptors (Lipinski definition) is 4. The lowest BCUT2D eigenvalue weighted by atomic mass is 9.99. The first-order valence-corrected chi connectivity index (χ1v) is 7.37. The lowest BCUT2D eigenvalue weighted by Crippen LogP contribution is -2.32. The van der Waals surface area contributed by atoms with Crippen LogP contribution in [0.15, 0.2) is 34.7 Å². The summed E-state index contributed by atoms with van der Waals surface area (Å²) >= 11 is 0. The number of rotatable bonds is 4. The van der Waals surface area contributed by atoms with E-state index in [0.717, 1.165) is 31.4 Å². The summed E-state index contributed by atoms with van der Waals surface area (Å²) in [5, 5.41) is 8.32. The molecule has 0 amide bonds. The second kappa shape index (κ2) is 6.18. The fraction of sp³-hybridized carbons (Fsp3) is 0.500. The van der Waals surface area contributed by atoms with E-state index in [2.05, 4.69) is 34.2 Å². The number of benzene rings is 1. The van der Waals surface area contributed by atoms with Crippen LogP contribution in [0, 0.1) is 5.92 Å². The predicted molar refractivity (Wildman–Crippen MR) is 77.2 cm³/mol. The van der Waals surface area contributed by atoms with Crippen molar-refractivity contribution in [2.24, 2.45) is 5.92 Å². The van der Waals surface area contributed by atoms with Crippen molar-refractivity contribution >= 4 is 0 Å². The van der Waals surface area contributed by atoms with Crippen LogP contribution in [-0.4, -0.2) is 28.2 Å². The van der Waals surface area contributed by atoms with Gasteiger partial charge in [-0.25, -0.2) is 0 Å². The fourth-order valence-electron chi connectivity index (χ4n) is 2.61. The zero-order valence-electron chi connectivity index (χ0n) is 12.0. The quantitative estimate of drug-likeness (QED) is 0.857. The van der Waals surface area contributed by atoms with E-state index >= 15 is 0 Å². The summed E-state index contributed by atoms with van der Waals surface area (Å²) in [4.78, 5) is 2.40. The van der Waals surface area contributed by atoms with E-state index in [9.17, 15) is 0 Å². The minimum Gasteiger partial charge on any atom is -0.424 e. The first-order chi connectivity index (χ1) is 9.79. The molecule has 1 aliphatic rings. The Morgan fingerprint density at radius 2 is 1.80 bits per heavy atom. The minimum absolute atomic E-state index is 0.705. The van der Waals surface area contributed by atoms with Crippen molar-refractivity contribution in [1.82, 2.24) is 15.1 Å². The Kier molecular flexibility index (Phi) is 4.11. The van der Waals surface area contributed by atoms with E-state index in [4.69, 9.17) is 4.42 Å². The standard InChI is InChI=1S/C16H21N3O/c1-13-7-9-19(10-8-13)12-16-18-17-15(20-16)11-14-5-3-2-4-6-14/h2-6,13H,7-12H2,1H3. The Morgan fingerprint density at radius 3 is 2.55 bits per heavy atom. The van der Waals surface area contributed by atoms with Gasteiger partial charge in [-0.3, -0.25) is 4.90 Å². The molecule has 4 nitrogen and oxygen atoms in total. The molecule has 20 heavy (non-hydrogen) atoms. The minimum atomic E-state index is 0.705. The van der Waals surface area contributed by atoms with Crippen molar-refractivity contribution in [2.75, 3.05) is 13.1 Å². The van der Waals surface area contributed by atoms with Crippen molar-refractivity contribution in [2.45, 2.75) is 32.7 Å². The molecule has 0 unspecified atom stereocenters. The molecule has 1 aromatic carbocycles. The van der Waals surface area contributed by atoms with E-state index in [0.29, 0.717) is 12.3 Å². The monoisotopic (exact) mass is 271 g/mol. The molecule has 1 aliphatic heterocycles. The second-order valence-electron chi connectivity index (χ2n) is 5.71. The summed E-state index contributed by atoms with van der Waals surface area (Å²) in [6, 6.07) is 10.2. The van der Waals surface area contributed by atoms with Crippen LogP contribution >= 0.6 is 0 Å². The largest absolute Gasteiger partial charge is 0.424 e. The molecule has 106 valence electrons. The molecule has 1 saturated heterocycles. The molecular weight excluding hydrogens is 250 g/mol. The third-order valence-electron chi connectivity index (χ3n) is 3.94. The molecule has 2 heterocycles. The molecule has 2 aromatic rings. The van der Waals surface area contributed by atoms with E-state index in [1.54, 1.807) is 0 Å². The average Bonchev–Trinajstić information content (AvgIpc) is 2.90. The Labute approximate surface area is 119 Å². The molecular formula is C16H21N3O. The second-order valence-corrected chi connectivity index (χ2v) is 5.71. The summed E-state index contributed by atoms with van der Waals surface area (Å²) < 4.78 is 5.75. The van der Waals surface area contributed by atoms with Crippen LogP contribution in [0.5, 0.6) is 0 Å². The van der Waals surface area contributed by atoms with Gasteiger partial charge in [-0.05, 0) is 37.4 Å². The predicted octanol–water partition coefficient (Wildman–Crippen LogP) is 2.89. The van der Waals surface area contributed by atoms with Crippen molar-refractivity contribution in [1.29, 1.82) is 0 Å². The molecule has 0 bridgehead atoms. The maximum absolute atomic E-state index is 5.75. The highest BCUT2D eigenvalue weighted by Crippen LogP contribution is 2.18. The Bertz CT molecular complexity index is 530. The van der Waals surface area contributed by atoms with Crippen molar-refractivity contribution in [3.8, 4) is 0 Å². The molecule has 0 saturated carbocycles. The zero-order chi connectivity index (χ0) is 13.8. The number of aromatic nitrogens is 2. The molecule has 0 aliphatic carbocycles. The average molecular weight is 271 g/mol. The first-order valence-electron chi connectivity index (χ1n) is 7.37. The molecule has 1 aromatic heterocycles. The third kappa shape index (κ3) is 3.45. The van der Waals surface area contributed by atoms with Gasteiger partial charge in [-0.1, -0.05) is 37.3 Å². The lowest BCUT2D eigenvalue weighted by Gasteiger charge is -2.28. The summed E-state index contributed by atoms with van der Waals surface area (Å²) in [5.41, 5.74) is 1.20. The molecule has 3 rings (SSSR count). The molecule has 0 atom stereocenters. The SMILES string of the molecule is CC1CCN(Cc2nnc(Cc3ccccc3)o2)CC1. The van der Waals surface area contributed by atoms with Crippen LogP contribution in [0.4, 0.5) is 0 Å². The topological polar surface area (TPSA) is 42.2 Å². The van der Waals surface area contributed by atoms with Crippen LogP contribution in [0.3, 0.4) is 0 Å². The van der Waals surface area contributed by atoms with Gasteiger partial charge in [0.1, 0.15) is 0 Å². The Balaban J connectivity index is 1.57. The Hall–Kier alpha value is -1.68. The smallest absolute Gasteiger partial charge is 0.230 e. The highest BCUT2D eigenvalue weighted by Gasteiger charge is 2.18. The molecule has 4 heteroatoms. The van der Waals surface area contributed by atoms with Crippen LogP contribution in [-0.2, 0) is 13.0 Å². The molecule has 0 spiro atoms. The van der Waals surface area contributed by atoms with Crippen LogP contribution in [0.25, 0.3) is 0 Å². The normalized spacial score (nSPS) is 17.4. The van der Waals surface area contributed by atoms with Crippen molar-refractivity contribution in [3.05, 3.63) is 47.7 Å². The number of nitrogens with zero attached hydrogens (tertiary/aromatic N) is 3. The van der Waals surface area contributed by atoms with Gasteiger partial charge < -0.3 is 4.42 Å². The van der Waals surface area contributed by atoms with Gasteiger partial charge in [-0.15, -0.1) is 10.2 Å². The molecule has 1 fully saturated rings. The van der Waals surface area contributed by atoms with Gasteiger partial charge in [0.05, 0.1) is 13.0 Å². The summed E-state index contributed by atoms with van der Waals surface area (Å²) in [6.07, 6.45) is 3.25. The van der Waals surface area contributed by atoms with Crippen molar-refractivity contribution < 1.29 is 4.42 Å². The number of likely N-dealkylation sites (tertiary alicyclic amines) is 1. The summed E-state index contributed by atoms with van der Waals surface area (Å²) in [5.74, 6) is 2.30. The van der Waals surface area contributed by atoms with Gasteiger partial charge in [0, 0.05) is 0 Å². The van der Waals surface area contributed by atoms with Gasteiger partial charge in [-0.2, -0.15) is 0 Å². The first kappa shape index (κ1) is 13.3. The van der Waals surface area contributed by atoms with E-state index < -0.39 is 0 Å². The molecule has 0 N–H and O–H groups in total. The van der Waals surface area contributed by atoms with E-state index in [1.165, 1.54) is 18.4 Å². The fourth-order valence-corrected chi connectivity index (χ4v) is 2.61. The number of hydrogen-bond donors (Lipinski definition) is 0. The van der Waals surface area contributed by atoms with Gasteiger partial charge in [0.15, 0.2) is 0 Å². The lowest BCUT2D eigenvalue weighted by molar-refractivity contribution is 0.170. The van der Waals surface area contributed by atoms with E-state index in [1.807, 2.05) is 18.2 Å². The van der Waals surface area contributed by atoms with Gasteiger partial charge in [0.25, 0.3) is 0 Å². The maximum Gasteiger partial charge on any atom is 0.230 e. The highest BCUT2D eigenvalue weighted by atomic mass is 16.4. The van der Waals surface area contributed by atoms with Crippen LogP contribution in [0.2, 0.25) is 0 Å². The highest BCUT2D eigenvalue weighted by molar-refractivity contribution is 5.17. The van der Waals surface area contributed by atoms with Crippen molar-refractivity contribution in [3.63, 3.8) is 0 Å². The van der Waals surface area contributed by atoms with Crippen LogP contribution in [0.1, 0.15) is 37.1 Å². The zero-order valence-corrected chi connectivity index (χ0v) is 12.0. The maximum atomic E-state index is 5.75. The molecule has 0 radical (unpaired) electrons.